The fraction of sp³-hybridized carbons (Fsp3) is 0.391. The molecule has 7 nitrogen and oxygen atoms in total. The van der Waals surface area contributed by atoms with Gasteiger partial charge in [0.15, 0.2) is 0 Å². The minimum atomic E-state index is 0.0215. The Morgan fingerprint density at radius 1 is 1.27 bits per heavy atom. The van der Waals surface area contributed by atoms with Crippen LogP contribution in [0.15, 0.2) is 42.6 Å². The van der Waals surface area contributed by atoms with Crippen LogP contribution in [0, 0.1) is 0 Å². The summed E-state index contributed by atoms with van der Waals surface area (Å²) >= 11 is 0. The minimum absolute atomic E-state index is 0.0215. The van der Waals surface area contributed by atoms with Crippen LogP contribution in [0.3, 0.4) is 0 Å². The van der Waals surface area contributed by atoms with Gasteiger partial charge < -0.3 is 10.2 Å². The Balaban J connectivity index is 1.62. The normalized spacial score (nSPS) is 16.7. The summed E-state index contributed by atoms with van der Waals surface area (Å²) in [5.74, 6) is 1.63. The lowest BCUT2D eigenvalue weighted by atomic mass is 10.1. The van der Waals surface area contributed by atoms with Crippen molar-refractivity contribution in [1.82, 2.24) is 24.8 Å². The van der Waals surface area contributed by atoms with Crippen molar-refractivity contribution in [2.45, 2.75) is 38.9 Å². The molecule has 2 aromatic heterocycles. The number of nitrogens with zero attached hydrogens (tertiary/aromatic N) is 5. The second kappa shape index (κ2) is 8.75. The number of rotatable bonds is 6. The summed E-state index contributed by atoms with van der Waals surface area (Å²) in [5, 5.41) is 4.33. The molecule has 3 heterocycles. The number of amides is 1. The maximum Gasteiger partial charge on any atom is 0.219 e. The predicted molar refractivity (Wildman–Crippen MR) is 118 cm³/mol. The lowest BCUT2D eigenvalue weighted by molar-refractivity contribution is -0.128. The average Bonchev–Trinajstić information content (AvgIpc) is 3.22. The van der Waals surface area contributed by atoms with Crippen molar-refractivity contribution in [2.24, 2.45) is 0 Å². The van der Waals surface area contributed by atoms with Gasteiger partial charge in [-0.25, -0.2) is 9.97 Å². The third-order valence-corrected chi connectivity index (χ3v) is 5.76. The van der Waals surface area contributed by atoms with E-state index in [1.807, 2.05) is 25.4 Å². The first-order valence-corrected chi connectivity index (χ1v) is 10.4. The Bertz CT molecular complexity index is 1050. The highest BCUT2D eigenvalue weighted by molar-refractivity contribution is 5.81. The molecule has 4 rings (SSSR count). The van der Waals surface area contributed by atoms with Crippen molar-refractivity contribution >= 4 is 22.6 Å². The molecule has 1 fully saturated rings. The Morgan fingerprint density at radius 2 is 2.13 bits per heavy atom. The molecule has 1 aliphatic heterocycles. The number of aromatic nitrogens is 3. The standard InChI is InChI=1S/C23H28N6O/c1-16(30)28(3)15-18-13-22(24-2)27-23(26-18)21-10-6-12-29(21)14-17-7-4-9-20-19(17)8-5-11-25-20/h4-5,7-9,11,13,21H,6,10,12,14-15H2,1-3H3,(H,24,26,27). The molecule has 1 amide bonds. The molecule has 3 aromatic rings. The van der Waals surface area contributed by atoms with E-state index < -0.39 is 0 Å². The number of fused-ring (bicyclic) bond motifs is 1. The molecule has 1 atom stereocenters. The van der Waals surface area contributed by atoms with Crippen LogP contribution in [0.5, 0.6) is 0 Å². The summed E-state index contributed by atoms with van der Waals surface area (Å²) in [5.41, 5.74) is 3.14. The second-order valence-corrected chi connectivity index (χ2v) is 7.84. The van der Waals surface area contributed by atoms with E-state index in [0.717, 1.165) is 48.8 Å². The van der Waals surface area contributed by atoms with Gasteiger partial charge in [-0.05, 0) is 37.1 Å². The SMILES string of the molecule is CNc1cc(CN(C)C(C)=O)nc(C2CCCN2Cc2cccc3ncccc23)n1. The maximum absolute atomic E-state index is 11.7. The number of hydrogen-bond donors (Lipinski definition) is 1. The van der Waals surface area contributed by atoms with Gasteiger partial charge in [0, 0.05) is 45.2 Å². The fourth-order valence-corrected chi connectivity index (χ4v) is 4.06. The fourth-order valence-electron chi connectivity index (χ4n) is 4.06. The number of hydrogen-bond acceptors (Lipinski definition) is 6. The maximum atomic E-state index is 11.7. The van der Waals surface area contributed by atoms with E-state index in [1.165, 1.54) is 10.9 Å². The van der Waals surface area contributed by atoms with Crippen LogP contribution in [0.1, 0.15) is 42.9 Å². The number of carbonyl (C=O) groups excluding carboxylic acids is 1. The molecule has 1 N–H and O–H groups in total. The molecule has 1 unspecified atom stereocenters. The van der Waals surface area contributed by atoms with E-state index in [-0.39, 0.29) is 11.9 Å². The topological polar surface area (TPSA) is 74.2 Å². The zero-order chi connectivity index (χ0) is 21.1. The second-order valence-electron chi connectivity index (χ2n) is 7.84. The zero-order valence-corrected chi connectivity index (χ0v) is 17.8. The highest BCUT2D eigenvalue weighted by Crippen LogP contribution is 2.33. The number of likely N-dealkylation sites (tertiary alicyclic amines) is 1. The quantitative estimate of drug-likeness (QED) is 0.679. The summed E-state index contributed by atoms with van der Waals surface area (Å²) in [4.78, 5) is 29.9. The Kier molecular flexibility index (Phi) is 5.90. The number of pyridine rings is 1. The zero-order valence-electron chi connectivity index (χ0n) is 17.8. The van der Waals surface area contributed by atoms with E-state index in [2.05, 4.69) is 39.5 Å². The highest BCUT2D eigenvalue weighted by Gasteiger charge is 2.29. The molecule has 0 bridgehead atoms. The summed E-state index contributed by atoms with van der Waals surface area (Å²) in [6.45, 7) is 3.89. The molecular formula is C23H28N6O. The first kappa shape index (κ1) is 20.2. The van der Waals surface area contributed by atoms with Gasteiger partial charge in [0.2, 0.25) is 5.91 Å². The van der Waals surface area contributed by atoms with Gasteiger partial charge in [0.25, 0.3) is 0 Å². The smallest absolute Gasteiger partial charge is 0.219 e. The van der Waals surface area contributed by atoms with Gasteiger partial charge in [-0.3, -0.25) is 14.7 Å². The third-order valence-electron chi connectivity index (χ3n) is 5.76. The molecule has 7 heteroatoms. The number of carbonyl (C=O) groups is 1. The molecule has 156 valence electrons. The van der Waals surface area contributed by atoms with E-state index in [4.69, 9.17) is 9.97 Å². The molecule has 1 aliphatic rings. The van der Waals surface area contributed by atoms with Gasteiger partial charge in [0.05, 0.1) is 23.8 Å². The van der Waals surface area contributed by atoms with Gasteiger partial charge in [-0.1, -0.05) is 18.2 Å². The molecule has 30 heavy (non-hydrogen) atoms. The van der Waals surface area contributed by atoms with Crippen molar-refractivity contribution in [3.05, 3.63) is 59.7 Å². The van der Waals surface area contributed by atoms with E-state index in [9.17, 15) is 4.79 Å². The lowest BCUT2D eigenvalue weighted by Gasteiger charge is -2.25. The monoisotopic (exact) mass is 404 g/mol. The molecule has 1 saturated heterocycles. The van der Waals surface area contributed by atoms with E-state index >= 15 is 0 Å². The summed E-state index contributed by atoms with van der Waals surface area (Å²) in [7, 11) is 3.65. The molecular weight excluding hydrogens is 376 g/mol. The van der Waals surface area contributed by atoms with Crippen LogP contribution in [0.25, 0.3) is 10.9 Å². The highest BCUT2D eigenvalue weighted by atomic mass is 16.2. The minimum Gasteiger partial charge on any atom is -0.373 e. The van der Waals surface area contributed by atoms with Crippen LogP contribution in [0.4, 0.5) is 5.82 Å². The Morgan fingerprint density at radius 3 is 2.93 bits per heavy atom. The average molecular weight is 405 g/mol. The molecule has 0 spiro atoms. The molecule has 0 aliphatic carbocycles. The molecule has 1 aromatic carbocycles. The van der Waals surface area contributed by atoms with Crippen LogP contribution < -0.4 is 5.32 Å². The summed E-state index contributed by atoms with van der Waals surface area (Å²) in [6, 6.07) is 12.5. The molecule has 0 saturated carbocycles. The third kappa shape index (κ3) is 4.26. The van der Waals surface area contributed by atoms with Crippen molar-refractivity contribution in [2.75, 3.05) is 26.0 Å². The van der Waals surface area contributed by atoms with E-state index in [1.54, 1.807) is 18.9 Å². The summed E-state index contributed by atoms with van der Waals surface area (Å²) < 4.78 is 0. The van der Waals surface area contributed by atoms with Crippen LogP contribution >= 0.6 is 0 Å². The lowest BCUT2D eigenvalue weighted by Crippen LogP contribution is -2.27. The summed E-state index contributed by atoms with van der Waals surface area (Å²) in [6.07, 6.45) is 3.98. The van der Waals surface area contributed by atoms with Crippen molar-refractivity contribution in [1.29, 1.82) is 0 Å². The first-order valence-electron chi connectivity index (χ1n) is 10.4. The van der Waals surface area contributed by atoms with Gasteiger partial charge in [-0.2, -0.15) is 0 Å². The largest absolute Gasteiger partial charge is 0.373 e. The van der Waals surface area contributed by atoms with Crippen LogP contribution in [-0.2, 0) is 17.9 Å². The number of benzene rings is 1. The van der Waals surface area contributed by atoms with Crippen molar-refractivity contribution in [3.8, 4) is 0 Å². The van der Waals surface area contributed by atoms with Crippen molar-refractivity contribution in [3.63, 3.8) is 0 Å². The van der Waals surface area contributed by atoms with E-state index in [0.29, 0.717) is 6.54 Å². The van der Waals surface area contributed by atoms with Gasteiger partial charge in [0.1, 0.15) is 11.6 Å². The van der Waals surface area contributed by atoms with Gasteiger partial charge >= 0.3 is 0 Å². The van der Waals surface area contributed by atoms with Crippen LogP contribution in [0.2, 0.25) is 0 Å². The number of anilines is 1. The predicted octanol–water partition coefficient (Wildman–Crippen LogP) is 3.38. The first-order chi connectivity index (χ1) is 14.5. The van der Waals surface area contributed by atoms with Gasteiger partial charge in [-0.15, -0.1) is 0 Å². The molecule has 0 radical (unpaired) electrons. The number of nitrogens with one attached hydrogen (secondary N) is 1. The Hall–Kier alpha value is -3.06. The Labute approximate surface area is 177 Å². The van der Waals surface area contributed by atoms with Crippen LogP contribution in [-0.4, -0.2) is 51.3 Å². The van der Waals surface area contributed by atoms with Crippen molar-refractivity contribution < 1.29 is 4.79 Å².